The van der Waals surface area contributed by atoms with Gasteiger partial charge in [-0.3, -0.25) is 0 Å². The third kappa shape index (κ3) is 4.67. The van der Waals surface area contributed by atoms with Crippen molar-refractivity contribution in [3.8, 4) is 56.4 Å². The van der Waals surface area contributed by atoms with Crippen LogP contribution in [0.15, 0.2) is 198 Å². The molecule has 0 atom stereocenters. The fourth-order valence-electron chi connectivity index (χ4n) is 8.62. The molecule has 252 valence electrons. The van der Waals surface area contributed by atoms with Crippen LogP contribution in [0.1, 0.15) is 22.3 Å². The van der Waals surface area contributed by atoms with Gasteiger partial charge in [-0.2, -0.15) is 0 Å². The van der Waals surface area contributed by atoms with Crippen LogP contribution in [-0.2, 0) is 5.41 Å². The standard InChI is InChI=1S/C50H31N3S/c1-2-14-34(15-3-1)47-51-48(53-49(52-47)37-30-25-32-13-4-5-16-36(32)31-37)35-28-26-33(27-29-35)38-18-12-22-43-46(38)39-17-6-7-19-40(39)50(43)41-20-8-10-23-44(41)54-45-24-11-9-21-42(45)50/h1-31H. The first kappa shape index (κ1) is 31.0. The molecule has 1 aliphatic heterocycles. The van der Waals surface area contributed by atoms with E-state index in [4.69, 9.17) is 15.0 Å². The second-order valence-electron chi connectivity index (χ2n) is 13.9. The summed E-state index contributed by atoms with van der Waals surface area (Å²) in [6.45, 7) is 0. The molecule has 4 heteroatoms. The molecule has 11 rings (SSSR count). The highest BCUT2D eigenvalue weighted by Crippen LogP contribution is 2.63. The van der Waals surface area contributed by atoms with E-state index in [1.54, 1.807) is 0 Å². The quantitative estimate of drug-likeness (QED) is 0.183. The monoisotopic (exact) mass is 705 g/mol. The average molecular weight is 706 g/mol. The van der Waals surface area contributed by atoms with E-state index in [0.29, 0.717) is 17.5 Å². The van der Waals surface area contributed by atoms with Crippen LogP contribution < -0.4 is 0 Å². The summed E-state index contributed by atoms with van der Waals surface area (Å²) in [6.07, 6.45) is 0. The van der Waals surface area contributed by atoms with Gasteiger partial charge in [-0.15, -0.1) is 0 Å². The highest BCUT2D eigenvalue weighted by molar-refractivity contribution is 7.99. The van der Waals surface area contributed by atoms with Gasteiger partial charge in [0.25, 0.3) is 0 Å². The van der Waals surface area contributed by atoms with Gasteiger partial charge in [0.15, 0.2) is 17.5 Å². The molecule has 0 saturated carbocycles. The number of hydrogen-bond acceptors (Lipinski definition) is 4. The zero-order chi connectivity index (χ0) is 35.6. The Bertz CT molecular complexity index is 2870. The van der Waals surface area contributed by atoms with E-state index >= 15 is 0 Å². The Morgan fingerprint density at radius 1 is 0.333 bits per heavy atom. The fraction of sp³-hybridized carbons (Fsp3) is 0.0200. The molecule has 0 N–H and O–H groups in total. The molecular weight excluding hydrogens is 675 g/mol. The Morgan fingerprint density at radius 3 is 1.56 bits per heavy atom. The predicted molar refractivity (Wildman–Crippen MR) is 221 cm³/mol. The molecule has 0 saturated heterocycles. The van der Waals surface area contributed by atoms with Gasteiger partial charge < -0.3 is 0 Å². The van der Waals surface area contributed by atoms with Crippen molar-refractivity contribution in [1.82, 2.24) is 15.0 Å². The molecule has 1 spiro atoms. The van der Waals surface area contributed by atoms with Gasteiger partial charge in [0, 0.05) is 26.5 Å². The molecule has 0 radical (unpaired) electrons. The normalized spacial score (nSPS) is 13.3. The summed E-state index contributed by atoms with van der Waals surface area (Å²) < 4.78 is 0. The zero-order valence-corrected chi connectivity index (χ0v) is 30.0. The average Bonchev–Trinajstić information content (AvgIpc) is 3.54. The lowest BCUT2D eigenvalue weighted by Gasteiger charge is -2.39. The molecule has 8 aromatic carbocycles. The van der Waals surface area contributed by atoms with Crippen LogP contribution in [0.3, 0.4) is 0 Å². The first-order chi connectivity index (χ1) is 26.8. The summed E-state index contributed by atoms with van der Waals surface area (Å²) in [4.78, 5) is 17.7. The SMILES string of the molecule is c1ccc(-c2nc(-c3ccc(-c4cccc5c4-c4ccccc4C54c5ccccc5Sc5ccccc54)cc3)nc(-c3ccc4ccccc4c3)n2)cc1. The van der Waals surface area contributed by atoms with Crippen molar-refractivity contribution in [3.63, 3.8) is 0 Å². The number of aromatic nitrogens is 3. The minimum absolute atomic E-state index is 0.405. The van der Waals surface area contributed by atoms with Crippen LogP contribution in [0.2, 0.25) is 0 Å². The third-order valence-electron chi connectivity index (χ3n) is 11.0. The van der Waals surface area contributed by atoms with Gasteiger partial charge in [-0.1, -0.05) is 182 Å². The first-order valence-electron chi connectivity index (χ1n) is 18.3. The lowest BCUT2D eigenvalue weighted by atomic mass is 9.67. The number of hydrogen-bond donors (Lipinski definition) is 0. The molecule has 54 heavy (non-hydrogen) atoms. The lowest BCUT2D eigenvalue weighted by molar-refractivity contribution is 0.722. The summed E-state index contributed by atoms with van der Waals surface area (Å²) in [5, 5.41) is 2.34. The molecule has 3 nitrogen and oxygen atoms in total. The predicted octanol–water partition coefficient (Wildman–Crippen LogP) is 12.5. The van der Waals surface area contributed by atoms with E-state index in [1.165, 1.54) is 54.1 Å². The minimum Gasteiger partial charge on any atom is -0.208 e. The summed E-state index contributed by atoms with van der Waals surface area (Å²) in [5.74, 6) is 1.96. The van der Waals surface area contributed by atoms with E-state index in [9.17, 15) is 0 Å². The molecule has 9 aromatic rings. The Kier molecular flexibility index (Phi) is 7.01. The summed E-state index contributed by atoms with van der Waals surface area (Å²) >= 11 is 1.88. The molecule has 2 heterocycles. The molecule has 0 unspecified atom stereocenters. The largest absolute Gasteiger partial charge is 0.208 e. The maximum Gasteiger partial charge on any atom is 0.164 e. The van der Waals surface area contributed by atoms with Crippen LogP contribution in [0.25, 0.3) is 67.2 Å². The van der Waals surface area contributed by atoms with E-state index in [1.807, 2.05) is 30.0 Å². The van der Waals surface area contributed by atoms with Crippen LogP contribution in [0.5, 0.6) is 0 Å². The van der Waals surface area contributed by atoms with Crippen molar-refractivity contribution in [2.75, 3.05) is 0 Å². The van der Waals surface area contributed by atoms with E-state index in [0.717, 1.165) is 27.6 Å². The maximum absolute atomic E-state index is 5.07. The lowest BCUT2D eigenvalue weighted by Crippen LogP contribution is -2.31. The highest BCUT2D eigenvalue weighted by atomic mass is 32.2. The molecule has 1 aliphatic carbocycles. The summed E-state index contributed by atoms with van der Waals surface area (Å²) in [6, 6.07) is 67.5. The molecule has 0 amide bonds. The van der Waals surface area contributed by atoms with Crippen LogP contribution in [-0.4, -0.2) is 15.0 Å². The van der Waals surface area contributed by atoms with Crippen molar-refractivity contribution in [2.24, 2.45) is 0 Å². The Balaban J connectivity index is 1.06. The Morgan fingerprint density at radius 2 is 0.833 bits per heavy atom. The van der Waals surface area contributed by atoms with Crippen LogP contribution >= 0.6 is 11.8 Å². The smallest absolute Gasteiger partial charge is 0.164 e. The van der Waals surface area contributed by atoms with Crippen molar-refractivity contribution >= 4 is 22.5 Å². The van der Waals surface area contributed by atoms with Gasteiger partial charge in [-0.05, 0) is 73.5 Å². The minimum atomic E-state index is -0.405. The molecule has 2 aliphatic rings. The van der Waals surface area contributed by atoms with Gasteiger partial charge in [0.1, 0.15) is 0 Å². The van der Waals surface area contributed by atoms with E-state index < -0.39 is 5.41 Å². The molecule has 0 bridgehead atoms. The van der Waals surface area contributed by atoms with Crippen molar-refractivity contribution in [2.45, 2.75) is 15.2 Å². The van der Waals surface area contributed by atoms with Gasteiger partial charge >= 0.3 is 0 Å². The van der Waals surface area contributed by atoms with Crippen molar-refractivity contribution in [3.05, 3.63) is 210 Å². The van der Waals surface area contributed by atoms with Crippen LogP contribution in [0, 0.1) is 0 Å². The highest BCUT2D eigenvalue weighted by Gasteiger charge is 2.50. The van der Waals surface area contributed by atoms with Gasteiger partial charge in [0.05, 0.1) is 5.41 Å². The third-order valence-corrected chi connectivity index (χ3v) is 12.2. The second-order valence-corrected chi connectivity index (χ2v) is 15.0. The zero-order valence-electron chi connectivity index (χ0n) is 29.1. The molecule has 0 fully saturated rings. The summed E-state index contributed by atoms with van der Waals surface area (Å²) in [5.41, 5.74) is 12.8. The topological polar surface area (TPSA) is 38.7 Å². The summed E-state index contributed by atoms with van der Waals surface area (Å²) in [7, 11) is 0. The Hall–Kier alpha value is -6.62. The number of nitrogens with zero attached hydrogens (tertiary/aromatic N) is 3. The maximum atomic E-state index is 5.07. The van der Waals surface area contributed by atoms with Crippen LogP contribution in [0.4, 0.5) is 0 Å². The van der Waals surface area contributed by atoms with Crippen molar-refractivity contribution in [1.29, 1.82) is 0 Å². The fourth-order valence-corrected chi connectivity index (χ4v) is 9.81. The first-order valence-corrected chi connectivity index (χ1v) is 19.1. The van der Waals surface area contributed by atoms with E-state index in [-0.39, 0.29) is 0 Å². The van der Waals surface area contributed by atoms with Gasteiger partial charge in [0.2, 0.25) is 0 Å². The van der Waals surface area contributed by atoms with Crippen molar-refractivity contribution < 1.29 is 0 Å². The number of rotatable bonds is 4. The number of benzene rings is 8. The Labute approximate surface area is 318 Å². The molecule has 1 aromatic heterocycles. The second kappa shape index (κ2) is 12.2. The van der Waals surface area contributed by atoms with Gasteiger partial charge in [-0.25, -0.2) is 15.0 Å². The number of fused-ring (bicyclic) bond motifs is 10. The van der Waals surface area contributed by atoms with E-state index in [2.05, 4.69) is 170 Å². The molecular formula is C50H31N3S.